The van der Waals surface area contributed by atoms with Crippen molar-refractivity contribution in [2.45, 2.75) is 39.0 Å². The molecule has 0 spiro atoms. The zero-order valence-corrected chi connectivity index (χ0v) is 11.1. The van der Waals surface area contributed by atoms with E-state index < -0.39 is 0 Å². The van der Waals surface area contributed by atoms with Gasteiger partial charge in [-0.1, -0.05) is 6.92 Å². The van der Waals surface area contributed by atoms with E-state index in [2.05, 4.69) is 5.32 Å². The minimum Gasteiger partial charge on any atom is -0.359 e. The number of hydrogen-bond acceptors (Lipinski definition) is 3. The third-order valence-electron chi connectivity index (χ3n) is 3.67. The Hall–Kier alpha value is -1.39. The van der Waals surface area contributed by atoms with Crippen LogP contribution in [-0.2, 0) is 14.4 Å². The number of imide groups is 1. The Balaban J connectivity index is 2.41. The Morgan fingerprint density at radius 1 is 1.28 bits per heavy atom. The lowest BCUT2D eigenvalue weighted by atomic mass is 9.81. The second-order valence-corrected chi connectivity index (χ2v) is 4.84. The van der Waals surface area contributed by atoms with Gasteiger partial charge in [0.1, 0.15) is 0 Å². The van der Waals surface area contributed by atoms with Crippen LogP contribution in [0.1, 0.15) is 39.0 Å². The summed E-state index contributed by atoms with van der Waals surface area (Å²) in [6.45, 7) is 2.25. The van der Waals surface area contributed by atoms with Crippen molar-refractivity contribution in [3.8, 4) is 0 Å². The third-order valence-corrected chi connectivity index (χ3v) is 3.67. The molecule has 1 fully saturated rings. The first kappa shape index (κ1) is 14.7. The van der Waals surface area contributed by atoms with Gasteiger partial charge in [0.15, 0.2) is 0 Å². The molecular weight excluding hydrogens is 232 g/mol. The van der Waals surface area contributed by atoms with Crippen molar-refractivity contribution in [2.75, 3.05) is 13.6 Å². The van der Waals surface area contributed by atoms with Crippen molar-refractivity contribution in [1.29, 1.82) is 0 Å². The first-order valence-corrected chi connectivity index (χ1v) is 6.58. The van der Waals surface area contributed by atoms with Crippen molar-refractivity contribution in [3.63, 3.8) is 0 Å². The van der Waals surface area contributed by atoms with Crippen LogP contribution in [-0.4, -0.2) is 36.7 Å². The highest BCUT2D eigenvalue weighted by Gasteiger charge is 2.27. The molecule has 1 rings (SSSR count). The van der Waals surface area contributed by atoms with Crippen LogP contribution >= 0.6 is 0 Å². The molecule has 0 radical (unpaired) electrons. The molecule has 0 saturated heterocycles. The molecule has 5 nitrogen and oxygen atoms in total. The monoisotopic (exact) mass is 254 g/mol. The standard InChI is InChI=1S/C13H22N2O3/c1-3-12(17)15(9-16)8-10-4-6-11(7-5-10)13(18)14-2/h9-11H,3-8H2,1-2H3,(H,14,18). The average Bonchev–Trinajstić information content (AvgIpc) is 2.43. The highest BCUT2D eigenvalue weighted by molar-refractivity contribution is 5.85. The predicted octanol–water partition coefficient (Wildman–Crippen LogP) is 0.934. The van der Waals surface area contributed by atoms with Gasteiger partial charge >= 0.3 is 0 Å². The fraction of sp³-hybridized carbons (Fsp3) is 0.769. The van der Waals surface area contributed by atoms with Gasteiger partial charge < -0.3 is 5.32 Å². The average molecular weight is 254 g/mol. The lowest BCUT2D eigenvalue weighted by Crippen LogP contribution is -2.37. The van der Waals surface area contributed by atoms with Gasteiger partial charge in [0.25, 0.3) is 0 Å². The van der Waals surface area contributed by atoms with Crippen molar-refractivity contribution in [2.24, 2.45) is 11.8 Å². The van der Waals surface area contributed by atoms with Crippen LogP contribution in [0.15, 0.2) is 0 Å². The first-order chi connectivity index (χ1) is 8.62. The maximum atomic E-state index is 11.5. The number of amides is 3. The first-order valence-electron chi connectivity index (χ1n) is 6.58. The SMILES string of the molecule is CCC(=O)N(C=O)CC1CCC(C(=O)NC)CC1. The zero-order chi connectivity index (χ0) is 13.5. The molecule has 0 aromatic heterocycles. The van der Waals surface area contributed by atoms with Crippen LogP contribution in [0.2, 0.25) is 0 Å². The molecule has 1 aliphatic carbocycles. The van der Waals surface area contributed by atoms with Gasteiger partial charge in [-0.3, -0.25) is 19.3 Å². The third kappa shape index (κ3) is 3.82. The number of nitrogens with one attached hydrogen (secondary N) is 1. The van der Waals surface area contributed by atoms with Gasteiger partial charge in [0.05, 0.1) is 0 Å². The Morgan fingerprint density at radius 2 is 1.89 bits per heavy atom. The molecule has 1 aliphatic rings. The van der Waals surface area contributed by atoms with Gasteiger partial charge in [-0.15, -0.1) is 0 Å². The van der Waals surface area contributed by atoms with Gasteiger partial charge in [0, 0.05) is 25.9 Å². The predicted molar refractivity (Wildman–Crippen MR) is 67.6 cm³/mol. The summed E-state index contributed by atoms with van der Waals surface area (Å²) in [5, 5.41) is 2.67. The van der Waals surface area contributed by atoms with E-state index in [-0.39, 0.29) is 17.7 Å². The second-order valence-electron chi connectivity index (χ2n) is 4.84. The summed E-state index contributed by atoms with van der Waals surface area (Å²) in [6, 6.07) is 0. The molecule has 0 bridgehead atoms. The van der Waals surface area contributed by atoms with E-state index in [0.717, 1.165) is 25.7 Å². The number of hydrogen-bond donors (Lipinski definition) is 1. The molecule has 0 heterocycles. The molecule has 18 heavy (non-hydrogen) atoms. The molecule has 0 aliphatic heterocycles. The molecule has 0 unspecified atom stereocenters. The van der Waals surface area contributed by atoms with Crippen LogP contribution in [0.4, 0.5) is 0 Å². The summed E-state index contributed by atoms with van der Waals surface area (Å²) >= 11 is 0. The molecule has 102 valence electrons. The summed E-state index contributed by atoms with van der Waals surface area (Å²) < 4.78 is 0. The van der Waals surface area contributed by atoms with E-state index in [1.807, 2.05) is 0 Å². The quantitative estimate of drug-likeness (QED) is 0.742. The smallest absolute Gasteiger partial charge is 0.228 e. The van der Waals surface area contributed by atoms with Crippen LogP contribution in [0, 0.1) is 11.8 Å². The van der Waals surface area contributed by atoms with E-state index in [1.54, 1.807) is 14.0 Å². The molecule has 3 amide bonds. The fourth-order valence-electron chi connectivity index (χ4n) is 2.50. The van der Waals surface area contributed by atoms with Crippen LogP contribution in [0.3, 0.4) is 0 Å². The number of carbonyl (C=O) groups excluding carboxylic acids is 3. The van der Waals surface area contributed by atoms with Crippen LogP contribution in [0.5, 0.6) is 0 Å². The number of rotatable bonds is 5. The van der Waals surface area contributed by atoms with Gasteiger partial charge in [0.2, 0.25) is 18.2 Å². The second kappa shape index (κ2) is 7.13. The van der Waals surface area contributed by atoms with Crippen molar-refractivity contribution in [3.05, 3.63) is 0 Å². The van der Waals surface area contributed by atoms with Crippen molar-refractivity contribution in [1.82, 2.24) is 10.2 Å². The summed E-state index contributed by atoms with van der Waals surface area (Å²) in [6.07, 6.45) is 4.47. The number of nitrogens with zero attached hydrogens (tertiary/aromatic N) is 1. The van der Waals surface area contributed by atoms with Gasteiger partial charge in [-0.2, -0.15) is 0 Å². The maximum absolute atomic E-state index is 11.5. The van der Waals surface area contributed by atoms with Crippen molar-refractivity contribution >= 4 is 18.2 Å². The minimum atomic E-state index is -0.126. The van der Waals surface area contributed by atoms with E-state index in [4.69, 9.17) is 0 Å². The molecule has 0 aromatic rings. The summed E-state index contributed by atoms with van der Waals surface area (Å²) in [5.74, 6) is 0.410. The topological polar surface area (TPSA) is 66.5 Å². The highest BCUT2D eigenvalue weighted by atomic mass is 16.2. The minimum absolute atomic E-state index is 0.0952. The fourth-order valence-corrected chi connectivity index (χ4v) is 2.50. The van der Waals surface area contributed by atoms with Crippen LogP contribution < -0.4 is 5.32 Å². The van der Waals surface area contributed by atoms with E-state index in [0.29, 0.717) is 25.3 Å². The van der Waals surface area contributed by atoms with E-state index in [9.17, 15) is 14.4 Å². The lowest BCUT2D eigenvalue weighted by molar-refractivity contribution is -0.139. The normalized spacial score (nSPS) is 23.2. The Morgan fingerprint density at radius 3 is 2.33 bits per heavy atom. The van der Waals surface area contributed by atoms with E-state index >= 15 is 0 Å². The number of carbonyl (C=O) groups is 3. The van der Waals surface area contributed by atoms with Crippen molar-refractivity contribution < 1.29 is 14.4 Å². The maximum Gasteiger partial charge on any atom is 0.228 e. The van der Waals surface area contributed by atoms with E-state index in [1.165, 1.54) is 4.90 Å². The van der Waals surface area contributed by atoms with Gasteiger partial charge in [-0.25, -0.2) is 0 Å². The Labute approximate surface area is 108 Å². The lowest BCUT2D eigenvalue weighted by Gasteiger charge is -2.29. The summed E-state index contributed by atoms with van der Waals surface area (Å²) in [7, 11) is 1.66. The molecule has 0 aromatic carbocycles. The molecule has 1 N–H and O–H groups in total. The Bertz CT molecular complexity index is 309. The molecule has 1 saturated carbocycles. The highest BCUT2D eigenvalue weighted by Crippen LogP contribution is 2.29. The zero-order valence-electron chi connectivity index (χ0n) is 11.1. The summed E-state index contributed by atoms with van der Waals surface area (Å²) in [4.78, 5) is 35.0. The Kier molecular flexibility index (Phi) is 5.82. The molecule has 0 atom stereocenters. The molecule has 5 heteroatoms. The summed E-state index contributed by atoms with van der Waals surface area (Å²) in [5.41, 5.74) is 0. The largest absolute Gasteiger partial charge is 0.359 e. The van der Waals surface area contributed by atoms with Gasteiger partial charge in [-0.05, 0) is 31.6 Å². The molecular formula is C13H22N2O3. The van der Waals surface area contributed by atoms with Crippen LogP contribution in [0.25, 0.3) is 0 Å².